The van der Waals surface area contributed by atoms with Crippen molar-refractivity contribution < 1.29 is 16.8 Å². The van der Waals surface area contributed by atoms with Gasteiger partial charge in [0.25, 0.3) is 0 Å². The highest BCUT2D eigenvalue weighted by Crippen LogP contribution is 2.43. The van der Waals surface area contributed by atoms with Crippen molar-refractivity contribution in [1.29, 1.82) is 0 Å². The second kappa shape index (κ2) is 2.88. The van der Waals surface area contributed by atoms with E-state index in [4.69, 9.17) is 5.73 Å². The van der Waals surface area contributed by atoms with Crippen molar-refractivity contribution in [3.05, 3.63) is 22.5 Å². The molecule has 0 radical (unpaired) electrons. The Morgan fingerprint density at radius 1 is 1.24 bits per heavy atom. The minimum atomic E-state index is -4.14. The molecule has 0 saturated heterocycles. The van der Waals surface area contributed by atoms with Gasteiger partial charge in [-0.2, -0.15) is 0 Å². The number of nitrogens with one attached hydrogen (secondary N) is 1. The molecule has 2 aromatic rings. The number of aromatic amines is 1. The first-order valence-electron chi connectivity index (χ1n) is 4.43. The molecule has 9 heteroatoms. The third-order valence-electron chi connectivity index (χ3n) is 2.18. The molecule has 2 aromatic heterocycles. The summed E-state index contributed by atoms with van der Waals surface area (Å²) in [4.78, 5) is 17.3. The lowest BCUT2D eigenvalue weighted by Gasteiger charge is -2.01. The van der Waals surface area contributed by atoms with Crippen LogP contribution in [0, 0.1) is 0 Å². The van der Waals surface area contributed by atoms with Gasteiger partial charge < -0.3 is 19.1 Å². The van der Waals surface area contributed by atoms with Gasteiger partial charge in [0.05, 0.1) is 5.39 Å². The zero-order chi connectivity index (χ0) is 12.2. The average molecular weight is 255 g/mol. The van der Waals surface area contributed by atoms with Gasteiger partial charge in [-0.25, -0.2) is 4.98 Å². The quantitative estimate of drug-likeness (QED) is 0.651. The first-order valence-corrected chi connectivity index (χ1v) is 5.76. The molecule has 0 saturated carbocycles. The Kier molecular flexibility index (Phi) is 1.68. The summed E-state index contributed by atoms with van der Waals surface area (Å²) in [5.41, 5.74) is 5.26. The van der Waals surface area contributed by atoms with Gasteiger partial charge in [-0.1, -0.05) is 0 Å². The number of aromatic nitrogens is 2. The van der Waals surface area contributed by atoms with Crippen LogP contribution in [0.2, 0.25) is 0 Å². The van der Waals surface area contributed by atoms with Crippen LogP contribution in [0.25, 0.3) is 11.0 Å². The standard InChI is InChI=1S/C8H5N3O5S/c9-7-6-5(15-17(13,14)16-6)3-1-2-4(12)10-8(3)11-7/h1-2H,(H3,9,10,11,12). The molecular formula is C8H5N3O5S. The van der Waals surface area contributed by atoms with Gasteiger partial charge in [0.2, 0.25) is 17.1 Å². The largest absolute Gasteiger partial charge is 0.501 e. The molecule has 1 aliphatic rings. The van der Waals surface area contributed by atoms with Gasteiger partial charge in [0.1, 0.15) is 5.65 Å². The predicted molar refractivity (Wildman–Crippen MR) is 57.0 cm³/mol. The van der Waals surface area contributed by atoms with Crippen LogP contribution in [-0.2, 0) is 10.4 Å². The van der Waals surface area contributed by atoms with Crippen LogP contribution in [0.3, 0.4) is 0 Å². The summed E-state index contributed by atoms with van der Waals surface area (Å²) in [7, 11) is -4.14. The van der Waals surface area contributed by atoms with E-state index >= 15 is 0 Å². The lowest BCUT2D eigenvalue weighted by molar-refractivity contribution is 0.437. The number of rotatable bonds is 0. The molecule has 0 fully saturated rings. The molecule has 0 spiro atoms. The second-order valence-electron chi connectivity index (χ2n) is 3.32. The molecule has 0 bridgehead atoms. The zero-order valence-corrected chi connectivity index (χ0v) is 8.95. The van der Waals surface area contributed by atoms with Crippen LogP contribution < -0.4 is 19.7 Å². The van der Waals surface area contributed by atoms with E-state index in [9.17, 15) is 13.2 Å². The van der Waals surface area contributed by atoms with E-state index in [1.807, 2.05) is 0 Å². The van der Waals surface area contributed by atoms with Crippen molar-refractivity contribution in [3.8, 4) is 11.5 Å². The van der Waals surface area contributed by atoms with Crippen LogP contribution in [0.4, 0.5) is 5.82 Å². The number of nitrogens with two attached hydrogens (primary N) is 1. The molecular weight excluding hydrogens is 250 g/mol. The molecule has 0 atom stereocenters. The maximum atomic E-state index is 11.2. The Bertz CT molecular complexity index is 795. The Morgan fingerprint density at radius 2 is 1.94 bits per heavy atom. The first-order chi connectivity index (χ1) is 7.96. The number of pyridine rings is 2. The van der Waals surface area contributed by atoms with E-state index in [-0.39, 0.29) is 28.5 Å². The van der Waals surface area contributed by atoms with Crippen LogP contribution >= 0.6 is 0 Å². The fourth-order valence-corrected chi connectivity index (χ4v) is 2.30. The third kappa shape index (κ3) is 1.40. The summed E-state index contributed by atoms with van der Waals surface area (Å²) in [6, 6.07) is 2.60. The minimum absolute atomic E-state index is 0.0660. The normalized spacial score (nSPS) is 16.2. The summed E-state index contributed by atoms with van der Waals surface area (Å²) in [6.45, 7) is 0. The molecule has 0 aliphatic carbocycles. The van der Waals surface area contributed by atoms with E-state index in [0.29, 0.717) is 5.39 Å². The molecule has 3 heterocycles. The number of hydrogen-bond donors (Lipinski definition) is 2. The van der Waals surface area contributed by atoms with E-state index in [1.165, 1.54) is 12.1 Å². The number of anilines is 1. The molecule has 88 valence electrons. The van der Waals surface area contributed by atoms with Gasteiger partial charge in [0.15, 0.2) is 5.82 Å². The number of hydrogen-bond acceptors (Lipinski definition) is 7. The number of nitrogen functional groups attached to an aromatic ring is 1. The number of fused-ring (bicyclic) bond motifs is 3. The summed E-state index contributed by atoms with van der Waals surface area (Å²) < 4.78 is 31.5. The highest BCUT2D eigenvalue weighted by molar-refractivity contribution is 7.82. The molecule has 3 N–H and O–H groups in total. The third-order valence-corrected chi connectivity index (χ3v) is 2.93. The highest BCUT2D eigenvalue weighted by atomic mass is 32.3. The fourth-order valence-electron chi connectivity index (χ4n) is 1.53. The van der Waals surface area contributed by atoms with Gasteiger partial charge in [-0.05, 0) is 6.07 Å². The smallest absolute Gasteiger partial charge is 0.380 e. The monoisotopic (exact) mass is 255 g/mol. The Balaban J connectivity index is 2.45. The van der Waals surface area contributed by atoms with Crippen molar-refractivity contribution >= 4 is 27.3 Å². The molecule has 3 rings (SSSR count). The van der Waals surface area contributed by atoms with Crippen molar-refractivity contribution in [2.75, 3.05) is 5.73 Å². The molecule has 0 aromatic carbocycles. The van der Waals surface area contributed by atoms with Crippen molar-refractivity contribution in [2.24, 2.45) is 0 Å². The molecule has 0 amide bonds. The molecule has 1 aliphatic heterocycles. The van der Waals surface area contributed by atoms with Crippen molar-refractivity contribution in [2.45, 2.75) is 0 Å². The number of nitrogens with zero attached hydrogens (tertiary/aromatic N) is 1. The van der Waals surface area contributed by atoms with Crippen LogP contribution in [0.1, 0.15) is 0 Å². The molecule has 0 unspecified atom stereocenters. The van der Waals surface area contributed by atoms with Gasteiger partial charge in [-0.15, -0.1) is 8.42 Å². The van der Waals surface area contributed by atoms with Gasteiger partial charge in [-0.3, -0.25) is 4.79 Å². The van der Waals surface area contributed by atoms with E-state index in [1.54, 1.807) is 0 Å². The van der Waals surface area contributed by atoms with Gasteiger partial charge >= 0.3 is 10.4 Å². The Hall–Kier alpha value is -2.29. The van der Waals surface area contributed by atoms with Crippen LogP contribution in [-0.4, -0.2) is 18.4 Å². The van der Waals surface area contributed by atoms with E-state index in [0.717, 1.165) is 0 Å². The minimum Gasteiger partial charge on any atom is -0.380 e. The van der Waals surface area contributed by atoms with E-state index < -0.39 is 10.4 Å². The summed E-state index contributed by atoms with van der Waals surface area (Å²) >= 11 is 0. The van der Waals surface area contributed by atoms with Crippen LogP contribution in [0.15, 0.2) is 16.9 Å². The zero-order valence-electron chi connectivity index (χ0n) is 8.13. The first kappa shape index (κ1) is 9.90. The highest BCUT2D eigenvalue weighted by Gasteiger charge is 2.33. The molecule has 8 nitrogen and oxygen atoms in total. The second-order valence-corrected chi connectivity index (χ2v) is 4.46. The number of H-pyrrole nitrogens is 1. The maximum absolute atomic E-state index is 11.2. The average Bonchev–Trinajstić information content (AvgIpc) is 2.54. The Labute approximate surface area is 94.3 Å². The fraction of sp³-hybridized carbons (Fsp3) is 0. The lowest BCUT2D eigenvalue weighted by Crippen LogP contribution is -2.08. The molecule has 17 heavy (non-hydrogen) atoms. The van der Waals surface area contributed by atoms with Crippen LogP contribution in [0.5, 0.6) is 11.5 Å². The topological polar surface area (TPSA) is 124 Å². The summed E-state index contributed by atoms with van der Waals surface area (Å²) in [5.74, 6) is -0.399. The van der Waals surface area contributed by atoms with Crippen molar-refractivity contribution in [1.82, 2.24) is 9.97 Å². The SMILES string of the molecule is Nc1nc2[nH]c(=O)ccc2c2c1OS(=O)(=O)O2. The van der Waals surface area contributed by atoms with E-state index in [2.05, 4.69) is 18.3 Å². The maximum Gasteiger partial charge on any atom is 0.501 e. The Morgan fingerprint density at radius 3 is 2.71 bits per heavy atom. The van der Waals surface area contributed by atoms with Crippen molar-refractivity contribution in [3.63, 3.8) is 0 Å². The summed E-state index contributed by atoms with van der Waals surface area (Å²) in [6.07, 6.45) is 0. The lowest BCUT2D eigenvalue weighted by atomic mass is 10.2. The predicted octanol–water partition coefficient (Wildman–Crippen LogP) is -0.479. The van der Waals surface area contributed by atoms with Gasteiger partial charge in [0, 0.05) is 6.07 Å². The summed E-state index contributed by atoms with van der Waals surface area (Å²) in [5, 5.41) is 0.301.